The molecule has 0 fully saturated rings. The average Bonchev–Trinajstić information content (AvgIpc) is 2.45. The third-order valence-electron chi connectivity index (χ3n) is 3.17. The van der Waals surface area contributed by atoms with Crippen LogP contribution in [0.15, 0.2) is 29.2 Å². The van der Waals surface area contributed by atoms with Crippen molar-refractivity contribution in [2.75, 3.05) is 12.8 Å². The lowest BCUT2D eigenvalue weighted by molar-refractivity contribution is 0.577. The molecule has 0 aliphatic rings. The van der Waals surface area contributed by atoms with Gasteiger partial charge in [0.2, 0.25) is 10.0 Å². The van der Waals surface area contributed by atoms with Crippen LogP contribution < -0.4 is 10.0 Å². The first-order valence-electron chi connectivity index (χ1n) is 7.20. The molecule has 0 radical (unpaired) electrons. The lowest BCUT2D eigenvalue weighted by Gasteiger charge is -2.12. The molecule has 0 bridgehead atoms. The predicted octanol–water partition coefficient (Wildman–Crippen LogP) is 2.60. The first-order valence-corrected chi connectivity index (χ1v) is 9.97. The third kappa shape index (κ3) is 6.82. The van der Waals surface area contributed by atoms with Crippen molar-refractivity contribution in [3.8, 4) is 0 Å². The Bertz CT molecular complexity index is 530. The topological polar surface area (TPSA) is 58.2 Å². The number of sulfonamides is 1. The minimum Gasteiger partial charge on any atom is -0.310 e. The molecule has 2 N–H and O–H groups in total. The zero-order valence-electron chi connectivity index (χ0n) is 13.2. The Labute approximate surface area is 133 Å². The van der Waals surface area contributed by atoms with E-state index < -0.39 is 10.0 Å². The van der Waals surface area contributed by atoms with E-state index in [0.717, 1.165) is 12.0 Å². The molecule has 0 aliphatic carbocycles. The summed E-state index contributed by atoms with van der Waals surface area (Å²) in [6.07, 6.45) is 2.86. The molecule has 0 amide bonds. The standard InChI is InChI=1S/C15H26N2O2S2/c1-12(2)16-11-14-6-5-7-15(10-14)21(18,19)17-9-8-13(3)20-4/h5-7,10,12-13,16-17H,8-9,11H2,1-4H3. The second-order valence-electron chi connectivity index (χ2n) is 5.42. The summed E-state index contributed by atoms with van der Waals surface area (Å²) in [6.45, 7) is 7.37. The summed E-state index contributed by atoms with van der Waals surface area (Å²) >= 11 is 1.74. The van der Waals surface area contributed by atoms with Crippen LogP contribution in [0.3, 0.4) is 0 Å². The molecule has 120 valence electrons. The number of rotatable bonds is 9. The zero-order chi connectivity index (χ0) is 15.9. The summed E-state index contributed by atoms with van der Waals surface area (Å²) in [4.78, 5) is 0.336. The number of hydrogen-bond acceptors (Lipinski definition) is 4. The van der Waals surface area contributed by atoms with Gasteiger partial charge < -0.3 is 5.32 Å². The summed E-state index contributed by atoms with van der Waals surface area (Å²) < 4.78 is 27.2. The van der Waals surface area contributed by atoms with Crippen molar-refractivity contribution >= 4 is 21.8 Å². The van der Waals surface area contributed by atoms with Gasteiger partial charge in [-0.3, -0.25) is 0 Å². The van der Waals surface area contributed by atoms with E-state index in [0.29, 0.717) is 29.3 Å². The Hall–Kier alpha value is -0.560. The van der Waals surface area contributed by atoms with Gasteiger partial charge in [-0.25, -0.2) is 13.1 Å². The largest absolute Gasteiger partial charge is 0.310 e. The Balaban J connectivity index is 2.67. The number of nitrogens with one attached hydrogen (secondary N) is 2. The lowest BCUT2D eigenvalue weighted by atomic mass is 10.2. The molecule has 4 nitrogen and oxygen atoms in total. The van der Waals surface area contributed by atoms with Gasteiger partial charge in [-0.15, -0.1) is 0 Å². The third-order valence-corrected chi connectivity index (χ3v) is 5.67. The van der Waals surface area contributed by atoms with E-state index in [2.05, 4.69) is 30.8 Å². The second kappa shape index (κ2) is 8.78. The van der Waals surface area contributed by atoms with Gasteiger partial charge in [0.25, 0.3) is 0 Å². The van der Waals surface area contributed by atoms with Crippen LogP contribution in [-0.2, 0) is 16.6 Å². The van der Waals surface area contributed by atoms with Crippen molar-refractivity contribution in [1.82, 2.24) is 10.0 Å². The van der Waals surface area contributed by atoms with Crippen molar-refractivity contribution in [1.29, 1.82) is 0 Å². The fourth-order valence-electron chi connectivity index (χ4n) is 1.74. The van der Waals surface area contributed by atoms with Crippen LogP contribution in [0, 0.1) is 0 Å². The van der Waals surface area contributed by atoms with Crippen molar-refractivity contribution in [3.63, 3.8) is 0 Å². The molecule has 0 spiro atoms. The molecule has 21 heavy (non-hydrogen) atoms. The molecule has 1 atom stereocenters. The van der Waals surface area contributed by atoms with Gasteiger partial charge in [0.1, 0.15) is 0 Å². The highest BCUT2D eigenvalue weighted by Crippen LogP contribution is 2.13. The van der Waals surface area contributed by atoms with Gasteiger partial charge in [-0.2, -0.15) is 11.8 Å². The minimum absolute atomic E-state index is 0.336. The van der Waals surface area contributed by atoms with Crippen LogP contribution in [-0.4, -0.2) is 32.5 Å². The molecular weight excluding hydrogens is 304 g/mol. The summed E-state index contributed by atoms with van der Waals surface area (Å²) in [5.41, 5.74) is 0.976. The van der Waals surface area contributed by atoms with Gasteiger partial charge >= 0.3 is 0 Å². The van der Waals surface area contributed by atoms with Gasteiger partial charge in [-0.05, 0) is 30.4 Å². The van der Waals surface area contributed by atoms with Crippen LogP contribution >= 0.6 is 11.8 Å². The van der Waals surface area contributed by atoms with Gasteiger partial charge in [-0.1, -0.05) is 32.9 Å². The van der Waals surface area contributed by atoms with E-state index in [4.69, 9.17) is 0 Å². The molecule has 1 rings (SSSR count). The summed E-state index contributed by atoms with van der Waals surface area (Å²) in [7, 11) is -3.41. The Morgan fingerprint density at radius 1 is 1.24 bits per heavy atom. The maximum atomic E-state index is 12.3. The predicted molar refractivity (Wildman–Crippen MR) is 91.2 cm³/mol. The van der Waals surface area contributed by atoms with Gasteiger partial charge in [0.05, 0.1) is 4.90 Å². The fourth-order valence-corrected chi connectivity index (χ4v) is 3.21. The maximum absolute atomic E-state index is 12.3. The second-order valence-corrected chi connectivity index (χ2v) is 8.46. The molecule has 0 aromatic heterocycles. The van der Waals surface area contributed by atoms with E-state index in [9.17, 15) is 8.42 Å². The molecule has 0 aliphatic heterocycles. The quantitative estimate of drug-likeness (QED) is 0.731. The summed E-state index contributed by atoms with van der Waals surface area (Å²) in [5.74, 6) is 0. The molecular formula is C15H26N2O2S2. The van der Waals surface area contributed by atoms with Crippen molar-refractivity contribution in [2.24, 2.45) is 0 Å². The van der Waals surface area contributed by atoms with E-state index in [1.165, 1.54) is 0 Å². The number of hydrogen-bond donors (Lipinski definition) is 2. The monoisotopic (exact) mass is 330 g/mol. The highest BCUT2D eigenvalue weighted by atomic mass is 32.2. The highest BCUT2D eigenvalue weighted by molar-refractivity contribution is 7.99. The van der Waals surface area contributed by atoms with E-state index >= 15 is 0 Å². The van der Waals surface area contributed by atoms with Gasteiger partial charge in [0, 0.05) is 24.4 Å². The first-order chi connectivity index (χ1) is 9.85. The van der Waals surface area contributed by atoms with E-state index in [1.807, 2.05) is 12.3 Å². The summed E-state index contributed by atoms with van der Waals surface area (Å²) in [6, 6.07) is 7.46. The van der Waals surface area contributed by atoms with Crippen LogP contribution in [0.1, 0.15) is 32.8 Å². The van der Waals surface area contributed by atoms with Crippen molar-refractivity contribution in [3.05, 3.63) is 29.8 Å². The van der Waals surface area contributed by atoms with Crippen molar-refractivity contribution in [2.45, 2.75) is 49.9 Å². The van der Waals surface area contributed by atoms with Crippen LogP contribution in [0.4, 0.5) is 0 Å². The molecule has 0 saturated heterocycles. The maximum Gasteiger partial charge on any atom is 0.240 e. The molecule has 6 heteroatoms. The summed E-state index contributed by atoms with van der Waals surface area (Å²) in [5, 5.41) is 3.74. The van der Waals surface area contributed by atoms with Crippen LogP contribution in [0.2, 0.25) is 0 Å². The first kappa shape index (κ1) is 18.5. The van der Waals surface area contributed by atoms with E-state index in [1.54, 1.807) is 30.0 Å². The van der Waals surface area contributed by atoms with Crippen LogP contribution in [0.25, 0.3) is 0 Å². The highest BCUT2D eigenvalue weighted by Gasteiger charge is 2.14. The molecule has 1 aromatic carbocycles. The fraction of sp³-hybridized carbons (Fsp3) is 0.600. The van der Waals surface area contributed by atoms with Crippen LogP contribution in [0.5, 0.6) is 0 Å². The molecule has 1 unspecified atom stereocenters. The van der Waals surface area contributed by atoms with Crippen molar-refractivity contribution < 1.29 is 8.42 Å². The molecule has 0 heterocycles. The Morgan fingerprint density at radius 2 is 1.95 bits per heavy atom. The van der Waals surface area contributed by atoms with Gasteiger partial charge in [0.15, 0.2) is 0 Å². The Morgan fingerprint density at radius 3 is 2.57 bits per heavy atom. The molecule has 0 saturated carbocycles. The number of thioether (sulfide) groups is 1. The molecule has 1 aromatic rings. The SMILES string of the molecule is CSC(C)CCNS(=O)(=O)c1cccc(CNC(C)C)c1. The smallest absolute Gasteiger partial charge is 0.240 e. The normalized spacial score (nSPS) is 13.6. The number of benzene rings is 1. The zero-order valence-corrected chi connectivity index (χ0v) is 14.9. The minimum atomic E-state index is -3.41. The lowest BCUT2D eigenvalue weighted by Crippen LogP contribution is -2.26. The Kier molecular flexibility index (Phi) is 7.73. The average molecular weight is 331 g/mol. The van der Waals surface area contributed by atoms with E-state index in [-0.39, 0.29) is 0 Å².